The Hall–Kier alpha value is -3.79. The van der Waals surface area contributed by atoms with E-state index in [2.05, 4.69) is 21.4 Å². The van der Waals surface area contributed by atoms with Gasteiger partial charge in [0, 0.05) is 18.2 Å². The minimum absolute atomic E-state index is 0.119. The van der Waals surface area contributed by atoms with Crippen molar-refractivity contribution in [2.45, 2.75) is 38.0 Å². The van der Waals surface area contributed by atoms with E-state index in [9.17, 15) is 9.59 Å². The van der Waals surface area contributed by atoms with E-state index in [4.69, 9.17) is 14.6 Å². The summed E-state index contributed by atoms with van der Waals surface area (Å²) in [5.74, 6) is 0.283. The molecular formula is C22H21N5O5. The molecule has 1 saturated heterocycles. The molecule has 0 spiro atoms. The van der Waals surface area contributed by atoms with Crippen LogP contribution in [0.25, 0.3) is 16.9 Å². The molecule has 164 valence electrons. The highest BCUT2D eigenvalue weighted by Crippen LogP contribution is 2.41. The van der Waals surface area contributed by atoms with E-state index in [0.717, 1.165) is 22.4 Å². The average Bonchev–Trinajstić information content (AvgIpc) is 3.52. The van der Waals surface area contributed by atoms with Gasteiger partial charge in [-0.05, 0) is 48.2 Å². The number of amides is 1. The molecule has 0 radical (unpaired) electrons. The van der Waals surface area contributed by atoms with E-state index in [-0.39, 0.29) is 37.2 Å². The zero-order valence-corrected chi connectivity index (χ0v) is 17.3. The predicted molar refractivity (Wildman–Crippen MR) is 112 cm³/mol. The molecule has 2 aromatic heterocycles. The molecule has 10 heteroatoms. The molecule has 1 N–H and O–H groups in total. The third-order valence-corrected chi connectivity index (χ3v) is 5.86. The second-order valence-electron chi connectivity index (χ2n) is 7.74. The number of nitrogens with zero attached hydrogens (tertiary/aromatic N) is 5. The van der Waals surface area contributed by atoms with Crippen LogP contribution in [0.3, 0.4) is 0 Å². The molecule has 1 fully saturated rings. The highest BCUT2D eigenvalue weighted by molar-refractivity contribution is 5.94. The molecule has 2 aliphatic heterocycles. The Labute approximate surface area is 183 Å². The van der Waals surface area contributed by atoms with Crippen LogP contribution >= 0.6 is 0 Å². The fraction of sp³-hybridized carbons (Fsp3) is 0.318. The van der Waals surface area contributed by atoms with E-state index in [1.807, 2.05) is 24.3 Å². The Morgan fingerprint density at radius 2 is 2.12 bits per heavy atom. The number of pyridine rings is 1. The van der Waals surface area contributed by atoms with Crippen LogP contribution in [0.5, 0.6) is 0 Å². The van der Waals surface area contributed by atoms with E-state index in [1.54, 1.807) is 17.3 Å². The maximum Gasteiger partial charge on any atom is 0.415 e. The van der Waals surface area contributed by atoms with Crippen molar-refractivity contribution in [2.24, 2.45) is 0 Å². The molecular weight excluding hydrogens is 414 g/mol. The Kier molecular flexibility index (Phi) is 5.06. The summed E-state index contributed by atoms with van der Waals surface area (Å²) in [4.78, 5) is 30.1. The zero-order valence-electron chi connectivity index (χ0n) is 17.3. The van der Waals surface area contributed by atoms with Gasteiger partial charge in [-0.2, -0.15) is 0 Å². The number of carbonyl (C=O) groups is 2. The summed E-state index contributed by atoms with van der Waals surface area (Å²) in [6, 6.07) is 9.59. The Morgan fingerprint density at radius 3 is 2.84 bits per heavy atom. The van der Waals surface area contributed by atoms with Crippen LogP contribution in [0.15, 0.2) is 42.7 Å². The number of aromatic nitrogens is 4. The lowest BCUT2D eigenvalue weighted by atomic mass is 9.99. The molecule has 0 bridgehead atoms. The summed E-state index contributed by atoms with van der Waals surface area (Å²) in [6.45, 7) is -0.178. The summed E-state index contributed by atoms with van der Waals surface area (Å²) < 4.78 is 11.7. The number of hydrogen-bond donors (Lipinski definition) is 1. The summed E-state index contributed by atoms with van der Waals surface area (Å²) >= 11 is 0. The Morgan fingerprint density at radius 1 is 1.28 bits per heavy atom. The van der Waals surface area contributed by atoms with Crippen LogP contribution in [0.2, 0.25) is 0 Å². The number of aliphatic hydroxyl groups excluding tert-OH is 1. The van der Waals surface area contributed by atoms with Gasteiger partial charge >= 0.3 is 12.1 Å². The summed E-state index contributed by atoms with van der Waals surface area (Å²) in [7, 11) is 1.35. The number of carbonyl (C=O) groups excluding carboxylic acids is 2. The molecule has 5 rings (SSSR count). The van der Waals surface area contributed by atoms with Gasteiger partial charge in [0.15, 0.2) is 5.82 Å². The average molecular weight is 435 g/mol. The van der Waals surface area contributed by atoms with E-state index in [1.165, 1.54) is 11.8 Å². The summed E-state index contributed by atoms with van der Waals surface area (Å²) in [6.07, 6.45) is 3.97. The molecule has 2 atom stereocenters. The van der Waals surface area contributed by atoms with Gasteiger partial charge in [0.1, 0.15) is 11.8 Å². The summed E-state index contributed by atoms with van der Waals surface area (Å²) in [5, 5.41) is 16.9. The monoisotopic (exact) mass is 435 g/mol. The first kappa shape index (κ1) is 20.1. The number of aliphatic hydroxyl groups is 1. The van der Waals surface area contributed by atoms with Gasteiger partial charge in [0.25, 0.3) is 0 Å². The minimum Gasteiger partial charge on any atom is -0.469 e. The molecule has 1 aromatic carbocycles. The number of esters is 1. The molecule has 1 amide bonds. The number of benzene rings is 1. The molecule has 0 saturated carbocycles. The zero-order chi connectivity index (χ0) is 22.2. The highest BCUT2D eigenvalue weighted by Gasteiger charge is 2.47. The third-order valence-electron chi connectivity index (χ3n) is 5.86. The number of ether oxygens (including phenoxy) is 2. The standard InChI is InChI=1S/C22H21N5O5/c1-31-21(29)7-5-19-18-9-15-8-13(2-4-17(15)27(18)22(30)32-19)14-3-6-20(23-10-14)26-11-16(12-28)24-25-26/h2-4,6,8,10-11,18-19,28H,5,7,9,12H2,1H3/t18-,19-/m0/s1. The Bertz CT molecular complexity index is 1180. The van der Waals surface area contributed by atoms with Gasteiger partial charge in [-0.1, -0.05) is 11.3 Å². The molecule has 32 heavy (non-hydrogen) atoms. The van der Waals surface area contributed by atoms with Gasteiger partial charge in [0.05, 0.1) is 31.6 Å². The van der Waals surface area contributed by atoms with Gasteiger partial charge in [0.2, 0.25) is 0 Å². The Balaban J connectivity index is 1.35. The maximum absolute atomic E-state index is 12.4. The lowest BCUT2D eigenvalue weighted by Gasteiger charge is -2.16. The molecule has 4 heterocycles. The van der Waals surface area contributed by atoms with Gasteiger partial charge in [-0.25, -0.2) is 14.5 Å². The first-order chi connectivity index (χ1) is 15.6. The summed E-state index contributed by atoms with van der Waals surface area (Å²) in [5.41, 5.74) is 4.28. The number of fused-ring (bicyclic) bond motifs is 3. The van der Waals surface area contributed by atoms with Crippen LogP contribution in [-0.2, 0) is 27.3 Å². The molecule has 2 aliphatic rings. The van der Waals surface area contributed by atoms with Crippen molar-refractivity contribution in [3.05, 3.63) is 54.0 Å². The van der Waals surface area contributed by atoms with Crippen molar-refractivity contribution < 1.29 is 24.2 Å². The second-order valence-corrected chi connectivity index (χ2v) is 7.74. The number of rotatable bonds is 6. The topological polar surface area (TPSA) is 120 Å². The number of hydrogen-bond acceptors (Lipinski definition) is 8. The van der Waals surface area contributed by atoms with E-state index >= 15 is 0 Å². The van der Waals surface area contributed by atoms with Crippen molar-refractivity contribution in [3.63, 3.8) is 0 Å². The number of anilines is 1. The molecule has 3 aromatic rings. The fourth-order valence-electron chi connectivity index (χ4n) is 4.24. The SMILES string of the molecule is COC(=O)CC[C@@H]1OC(=O)N2c3ccc(-c4ccc(-n5cc(CO)nn5)nc4)cc3C[C@@H]12. The first-order valence-electron chi connectivity index (χ1n) is 10.3. The normalized spacial score (nSPS) is 18.9. The van der Waals surface area contributed by atoms with Crippen LogP contribution in [-0.4, -0.2) is 56.4 Å². The number of cyclic esters (lactones) is 1. The minimum atomic E-state index is -0.377. The van der Waals surface area contributed by atoms with Crippen LogP contribution in [0, 0.1) is 0 Å². The van der Waals surface area contributed by atoms with Crippen molar-refractivity contribution in [1.82, 2.24) is 20.0 Å². The lowest BCUT2D eigenvalue weighted by Crippen LogP contribution is -2.33. The molecule has 0 aliphatic carbocycles. The first-order valence-corrected chi connectivity index (χ1v) is 10.3. The van der Waals surface area contributed by atoms with Crippen molar-refractivity contribution in [3.8, 4) is 16.9 Å². The van der Waals surface area contributed by atoms with Crippen molar-refractivity contribution >= 4 is 17.7 Å². The van der Waals surface area contributed by atoms with Crippen LogP contribution in [0.1, 0.15) is 24.1 Å². The smallest absolute Gasteiger partial charge is 0.415 e. The van der Waals surface area contributed by atoms with Gasteiger partial charge < -0.3 is 14.6 Å². The number of methoxy groups -OCH3 is 1. The van der Waals surface area contributed by atoms with Crippen LogP contribution < -0.4 is 4.90 Å². The lowest BCUT2D eigenvalue weighted by molar-refractivity contribution is -0.141. The van der Waals surface area contributed by atoms with E-state index < -0.39 is 0 Å². The van der Waals surface area contributed by atoms with Crippen molar-refractivity contribution in [2.75, 3.05) is 12.0 Å². The predicted octanol–water partition coefficient (Wildman–Crippen LogP) is 2.02. The largest absolute Gasteiger partial charge is 0.469 e. The highest BCUT2D eigenvalue weighted by atomic mass is 16.6. The quantitative estimate of drug-likeness (QED) is 0.584. The third kappa shape index (κ3) is 3.48. The van der Waals surface area contributed by atoms with Gasteiger partial charge in [-0.15, -0.1) is 5.10 Å². The molecule has 0 unspecified atom stereocenters. The second kappa shape index (κ2) is 8.04. The van der Waals surface area contributed by atoms with Crippen molar-refractivity contribution in [1.29, 1.82) is 0 Å². The van der Waals surface area contributed by atoms with Crippen LogP contribution in [0.4, 0.5) is 10.5 Å². The maximum atomic E-state index is 12.4. The van der Waals surface area contributed by atoms with Gasteiger partial charge in [-0.3, -0.25) is 9.69 Å². The molecule has 10 nitrogen and oxygen atoms in total. The van der Waals surface area contributed by atoms with E-state index in [0.29, 0.717) is 24.4 Å². The fourth-order valence-corrected chi connectivity index (χ4v) is 4.24.